The molecule has 3 aromatic rings. The Kier molecular flexibility index (Phi) is 5.64. The summed E-state index contributed by atoms with van der Waals surface area (Å²) in [6.07, 6.45) is 1.93. The van der Waals surface area contributed by atoms with Crippen LogP contribution in [-0.2, 0) is 5.75 Å². The van der Waals surface area contributed by atoms with E-state index in [0.717, 1.165) is 22.1 Å². The van der Waals surface area contributed by atoms with Crippen LogP contribution in [0.4, 0.5) is 13.6 Å². The number of hydrogen-bond acceptors (Lipinski definition) is 6. The highest BCUT2D eigenvalue weighted by molar-refractivity contribution is 7.98. The Morgan fingerprint density at radius 2 is 1.87 bits per heavy atom. The van der Waals surface area contributed by atoms with Crippen molar-refractivity contribution in [1.29, 1.82) is 0 Å². The predicted octanol–water partition coefficient (Wildman–Crippen LogP) is 4.81. The molecule has 1 fully saturated rings. The number of hydrogen-bond donors (Lipinski definition) is 0. The highest BCUT2D eigenvalue weighted by Crippen LogP contribution is 2.54. The number of ketones is 1. The highest BCUT2D eigenvalue weighted by Gasteiger charge is 2.57. The molecule has 0 saturated heterocycles. The van der Waals surface area contributed by atoms with E-state index in [2.05, 4.69) is 0 Å². The van der Waals surface area contributed by atoms with E-state index in [1.807, 2.05) is 30.1 Å². The summed E-state index contributed by atoms with van der Waals surface area (Å²) in [4.78, 5) is 41.3. The number of halogens is 2. The van der Waals surface area contributed by atoms with Crippen molar-refractivity contribution in [2.45, 2.75) is 36.5 Å². The van der Waals surface area contributed by atoms with Gasteiger partial charge in [0.25, 0.3) is 0 Å². The minimum Gasteiger partial charge on any atom is -0.404 e. The molecule has 1 aromatic heterocycles. The molecule has 2 aromatic carbocycles. The zero-order valence-electron chi connectivity index (χ0n) is 21.1. The number of amides is 1. The summed E-state index contributed by atoms with van der Waals surface area (Å²) in [6, 6.07) is 9.25. The lowest BCUT2D eigenvalue weighted by molar-refractivity contribution is 0.0855. The summed E-state index contributed by atoms with van der Waals surface area (Å²) in [6.45, 7) is 2.28. The minimum atomic E-state index is -0.916. The van der Waals surface area contributed by atoms with Crippen molar-refractivity contribution in [2.24, 2.45) is 5.41 Å². The van der Waals surface area contributed by atoms with Crippen LogP contribution in [0.2, 0.25) is 0 Å². The van der Waals surface area contributed by atoms with Crippen LogP contribution < -0.4 is 15.2 Å². The van der Waals surface area contributed by atoms with Crippen molar-refractivity contribution >= 4 is 23.6 Å². The number of aromatic nitrogens is 1. The molecule has 0 bridgehead atoms. The van der Waals surface area contributed by atoms with Crippen LogP contribution in [0.15, 0.2) is 52.3 Å². The topological polar surface area (TPSA) is 71.8 Å². The maximum Gasteiger partial charge on any atom is 0.414 e. The molecule has 1 saturated carbocycles. The molecule has 1 atom stereocenters. The van der Waals surface area contributed by atoms with Gasteiger partial charge in [0, 0.05) is 49.1 Å². The highest BCUT2D eigenvalue weighted by atomic mass is 32.2. The van der Waals surface area contributed by atoms with Crippen molar-refractivity contribution in [3.8, 4) is 5.75 Å². The predicted molar refractivity (Wildman–Crippen MR) is 138 cm³/mol. The first-order valence-electron chi connectivity index (χ1n) is 12.3. The Balaban J connectivity index is 1.62. The number of benzene rings is 2. The normalized spacial score (nSPS) is 18.8. The number of fused-ring (bicyclic) bond motifs is 3. The van der Waals surface area contributed by atoms with Gasteiger partial charge in [-0.05, 0) is 42.5 Å². The van der Waals surface area contributed by atoms with Gasteiger partial charge in [0.15, 0.2) is 23.1 Å². The van der Waals surface area contributed by atoms with Crippen LogP contribution in [0.1, 0.15) is 51.6 Å². The van der Waals surface area contributed by atoms with E-state index in [4.69, 9.17) is 4.74 Å². The Morgan fingerprint density at radius 3 is 2.58 bits per heavy atom. The molecule has 10 heteroatoms. The average Bonchev–Trinajstić information content (AvgIpc) is 3.68. The SMILES string of the molecule is Cc1cccc2c1SCc1c(ccc(F)c1F)C2N1CC2(CC2)C(=O)c2c(OC(=O)N(C)C)c(=O)ccn21. The number of Topliss-reactive ketones (excluding diaryl/α,β-unsaturated/α-hetero) is 1. The van der Waals surface area contributed by atoms with E-state index in [-0.39, 0.29) is 28.5 Å². The van der Waals surface area contributed by atoms with Crippen molar-refractivity contribution in [3.05, 3.63) is 92.4 Å². The second-order valence-corrected chi connectivity index (χ2v) is 11.3. The van der Waals surface area contributed by atoms with Gasteiger partial charge in [-0.25, -0.2) is 13.6 Å². The average molecular weight is 538 g/mol. The monoisotopic (exact) mass is 537 g/mol. The maximum absolute atomic E-state index is 15.2. The lowest BCUT2D eigenvalue weighted by Crippen LogP contribution is -2.52. The van der Waals surface area contributed by atoms with Crippen molar-refractivity contribution in [3.63, 3.8) is 0 Å². The molecule has 6 rings (SSSR count). The lowest BCUT2D eigenvalue weighted by atomic mass is 9.89. The summed E-state index contributed by atoms with van der Waals surface area (Å²) in [5.74, 6) is -2.15. The number of nitrogens with zero attached hydrogens (tertiary/aromatic N) is 3. The Morgan fingerprint density at radius 1 is 1.11 bits per heavy atom. The van der Waals surface area contributed by atoms with Gasteiger partial charge in [-0.15, -0.1) is 11.8 Å². The summed E-state index contributed by atoms with van der Waals surface area (Å²) >= 11 is 1.45. The number of rotatable bonds is 2. The van der Waals surface area contributed by atoms with Crippen LogP contribution in [0.25, 0.3) is 0 Å². The summed E-state index contributed by atoms with van der Waals surface area (Å²) < 4.78 is 36.6. The Hall–Kier alpha value is -3.66. The smallest absolute Gasteiger partial charge is 0.404 e. The van der Waals surface area contributed by atoms with Crippen molar-refractivity contribution < 1.29 is 23.1 Å². The van der Waals surface area contributed by atoms with Crippen LogP contribution in [-0.4, -0.2) is 42.1 Å². The first-order valence-corrected chi connectivity index (χ1v) is 13.3. The minimum absolute atomic E-state index is 0.00770. The number of pyridine rings is 1. The molecule has 2 aliphatic heterocycles. The molecule has 7 nitrogen and oxygen atoms in total. The molecule has 38 heavy (non-hydrogen) atoms. The Labute approximate surface area is 222 Å². The molecule has 1 spiro atoms. The number of aryl methyl sites for hydroxylation is 1. The van der Waals surface area contributed by atoms with E-state index >= 15 is 4.39 Å². The zero-order chi connectivity index (χ0) is 26.9. The second-order valence-electron chi connectivity index (χ2n) is 10.3. The molecule has 0 radical (unpaired) electrons. The fourth-order valence-electron chi connectivity index (χ4n) is 5.40. The zero-order valence-corrected chi connectivity index (χ0v) is 21.9. The third kappa shape index (κ3) is 3.65. The summed E-state index contributed by atoms with van der Waals surface area (Å²) in [7, 11) is 2.97. The molecule has 3 heterocycles. The first kappa shape index (κ1) is 24.7. The molecule has 3 aliphatic rings. The van der Waals surface area contributed by atoms with Crippen LogP contribution in [0.5, 0.6) is 5.75 Å². The van der Waals surface area contributed by atoms with Crippen molar-refractivity contribution in [1.82, 2.24) is 9.58 Å². The van der Waals surface area contributed by atoms with Gasteiger partial charge >= 0.3 is 6.09 Å². The van der Waals surface area contributed by atoms with E-state index < -0.39 is 34.6 Å². The van der Waals surface area contributed by atoms with Gasteiger partial charge in [-0.1, -0.05) is 24.3 Å². The fourth-order valence-corrected chi connectivity index (χ4v) is 6.62. The number of ether oxygens (including phenoxy) is 1. The standard InChI is InChI=1S/C28H25F2N3O4S/c1-15-5-4-6-17-22(16-7-8-19(29)21(30)18(16)13-38-25(15)17)33-14-28(10-11-28)26(35)23-24(37-27(36)31(2)3)20(34)9-12-32(23)33/h4-9,12,22H,10-11,13-14H2,1-3H3. The quantitative estimate of drug-likeness (QED) is 0.468. The van der Waals surface area contributed by atoms with E-state index in [1.165, 1.54) is 43.0 Å². The molecular formula is C28H25F2N3O4S. The number of carbonyl (C=O) groups is 2. The third-order valence-electron chi connectivity index (χ3n) is 7.60. The third-order valence-corrected chi connectivity index (χ3v) is 8.88. The maximum atomic E-state index is 15.2. The van der Waals surface area contributed by atoms with E-state index in [1.54, 1.807) is 10.7 Å². The first-order chi connectivity index (χ1) is 18.1. The lowest BCUT2D eigenvalue weighted by Gasteiger charge is -2.43. The summed E-state index contributed by atoms with van der Waals surface area (Å²) in [5.41, 5.74) is 1.39. The van der Waals surface area contributed by atoms with Crippen LogP contribution in [0, 0.1) is 24.0 Å². The molecule has 0 N–H and O–H groups in total. The van der Waals surface area contributed by atoms with Gasteiger partial charge in [0.05, 0.1) is 11.5 Å². The van der Waals surface area contributed by atoms with Crippen LogP contribution in [0.3, 0.4) is 0 Å². The number of thioether (sulfide) groups is 1. The molecule has 1 unspecified atom stereocenters. The molecule has 1 aliphatic carbocycles. The van der Waals surface area contributed by atoms with Gasteiger partial charge < -0.3 is 9.64 Å². The Bertz CT molecular complexity index is 1580. The van der Waals surface area contributed by atoms with Crippen molar-refractivity contribution in [2.75, 3.05) is 25.6 Å². The van der Waals surface area contributed by atoms with Gasteiger partial charge in [-0.3, -0.25) is 19.3 Å². The largest absolute Gasteiger partial charge is 0.414 e. The van der Waals surface area contributed by atoms with Gasteiger partial charge in [0.1, 0.15) is 0 Å². The summed E-state index contributed by atoms with van der Waals surface area (Å²) in [5, 5.41) is 1.93. The second kappa shape index (κ2) is 8.69. The molecular weight excluding hydrogens is 512 g/mol. The van der Waals surface area contributed by atoms with Gasteiger partial charge in [0.2, 0.25) is 11.2 Å². The molecule has 196 valence electrons. The number of carbonyl (C=O) groups excluding carboxylic acids is 2. The molecule has 1 amide bonds. The van der Waals surface area contributed by atoms with E-state index in [9.17, 15) is 18.8 Å². The van der Waals surface area contributed by atoms with E-state index in [0.29, 0.717) is 24.9 Å². The fraction of sp³-hybridized carbons (Fsp3) is 0.321. The van der Waals surface area contributed by atoms with Gasteiger partial charge in [-0.2, -0.15) is 0 Å². The van der Waals surface area contributed by atoms with Crippen LogP contribution >= 0.6 is 11.8 Å².